The van der Waals surface area contributed by atoms with Crippen molar-refractivity contribution in [3.8, 4) is 5.75 Å². The van der Waals surface area contributed by atoms with E-state index in [1.54, 1.807) is 35.3 Å². The number of aryl methyl sites for hydroxylation is 1. The second-order valence-electron chi connectivity index (χ2n) is 6.95. The van der Waals surface area contributed by atoms with E-state index in [9.17, 15) is 4.79 Å². The zero-order chi connectivity index (χ0) is 21.8. The van der Waals surface area contributed by atoms with Gasteiger partial charge in [0.05, 0.1) is 23.5 Å². The number of carbonyl (C=O) groups is 1. The van der Waals surface area contributed by atoms with Crippen LogP contribution in [0.5, 0.6) is 5.75 Å². The molecule has 0 atom stereocenters. The van der Waals surface area contributed by atoms with Crippen LogP contribution < -0.4 is 10.1 Å². The predicted octanol–water partition coefficient (Wildman–Crippen LogP) is 5.97. The second kappa shape index (κ2) is 9.29. The summed E-state index contributed by atoms with van der Waals surface area (Å²) in [6.45, 7) is 2.62. The lowest BCUT2D eigenvalue weighted by atomic mass is 10.2. The molecule has 1 N–H and O–H groups in total. The first-order valence-corrected chi connectivity index (χ1v) is 10.3. The third-order valence-corrected chi connectivity index (χ3v) is 5.07. The first-order chi connectivity index (χ1) is 15.0. The summed E-state index contributed by atoms with van der Waals surface area (Å²) in [5, 5.41) is 8.24. The standard InChI is InChI=1S/C23H19Cl2N3O3/c1-15-4-2-7-20(25)22(15)30-14-19-8-9-21(31-19)23(29)27-18-11-26-28(13-18)12-16-5-3-6-17(24)10-16/h2-11,13H,12,14H2,1H3,(H,27,29). The van der Waals surface area contributed by atoms with E-state index in [4.69, 9.17) is 32.4 Å². The lowest BCUT2D eigenvalue weighted by molar-refractivity contribution is 0.0992. The Balaban J connectivity index is 1.35. The van der Waals surface area contributed by atoms with E-state index in [2.05, 4.69) is 10.4 Å². The number of hydrogen-bond acceptors (Lipinski definition) is 4. The lowest BCUT2D eigenvalue weighted by Gasteiger charge is -2.09. The fraction of sp³-hybridized carbons (Fsp3) is 0.130. The number of amides is 1. The van der Waals surface area contributed by atoms with Crippen LogP contribution in [-0.2, 0) is 13.2 Å². The number of ether oxygens (including phenoxy) is 1. The van der Waals surface area contributed by atoms with Crippen molar-refractivity contribution in [3.05, 3.63) is 99.7 Å². The first kappa shape index (κ1) is 21.0. The van der Waals surface area contributed by atoms with Crippen molar-refractivity contribution < 1.29 is 13.9 Å². The van der Waals surface area contributed by atoms with Crippen LogP contribution in [0.1, 0.15) is 27.4 Å². The minimum absolute atomic E-state index is 0.162. The minimum Gasteiger partial charge on any atom is -0.484 e. The van der Waals surface area contributed by atoms with Crippen LogP contribution in [0.3, 0.4) is 0 Å². The van der Waals surface area contributed by atoms with E-state index in [1.165, 1.54) is 0 Å². The summed E-state index contributed by atoms with van der Waals surface area (Å²) in [7, 11) is 0. The van der Waals surface area contributed by atoms with Crippen LogP contribution in [0.15, 0.2) is 71.4 Å². The molecule has 6 nitrogen and oxygen atoms in total. The third-order valence-electron chi connectivity index (χ3n) is 4.53. The predicted molar refractivity (Wildman–Crippen MR) is 120 cm³/mol. The Hall–Kier alpha value is -3.22. The number of halogens is 2. The minimum atomic E-state index is -0.373. The average Bonchev–Trinajstić information content (AvgIpc) is 3.37. The van der Waals surface area contributed by atoms with Gasteiger partial charge in [-0.2, -0.15) is 5.10 Å². The number of rotatable bonds is 7. The number of benzene rings is 2. The SMILES string of the molecule is Cc1cccc(Cl)c1OCc1ccc(C(=O)Nc2cnn(Cc3cccc(Cl)c3)c2)o1. The molecule has 0 aliphatic heterocycles. The van der Waals surface area contributed by atoms with Crippen LogP contribution in [0.25, 0.3) is 0 Å². The molecule has 0 spiro atoms. The maximum Gasteiger partial charge on any atom is 0.291 e. The Morgan fingerprint density at radius 2 is 2.00 bits per heavy atom. The highest BCUT2D eigenvalue weighted by molar-refractivity contribution is 6.32. The number of anilines is 1. The zero-order valence-corrected chi connectivity index (χ0v) is 18.2. The molecule has 4 rings (SSSR count). The van der Waals surface area contributed by atoms with Crippen molar-refractivity contribution in [3.63, 3.8) is 0 Å². The van der Waals surface area contributed by atoms with E-state index in [0.29, 0.717) is 33.8 Å². The second-order valence-corrected chi connectivity index (χ2v) is 7.79. The number of nitrogens with one attached hydrogen (secondary N) is 1. The van der Waals surface area contributed by atoms with Gasteiger partial charge in [0.25, 0.3) is 5.91 Å². The van der Waals surface area contributed by atoms with E-state index >= 15 is 0 Å². The zero-order valence-electron chi connectivity index (χ0n) is 16.6. The summed E-state index contributed by atoms with van der Waals surface area (Å²) in [5.41, 5.74) is 2.50. The average molecular weight is 456 g/mol. The number of para-hydroxylation sites is 1. The molecule has 2 heterocycles. The molecule has 2 aromatic heterocycles. The summed E-state index contributed by atoms with van der Waals surface area (Å²) in [6, 6.07) is 16.4. The molecule has 4 aromatic rings. The van der Waals surface area contributed by atoms with Crippen LogP contribution in [-0.4, -0.2) is 15.7 Å². The van der Waals surface area contributed by atoms with Gasteiger partial charge in [-0.3, -0.25) is 9.48 Å². The Bertz CT molecular complexity index is 1200. The summed E-state index contributed by atoms with van der Waals surface area (Å²) in [6.07, 6.45) is 3.32. The van der Waals surface area contributed by atoms with E-state index in [-0.39, 0.29) is 18.3 Å². The molecule has 0 bridgehead atoms. The van der Waals surface area contributed by atoms with Gasteiger partial charge in [-0.15, -0.1) is 0 Å². The Labute approximate surface area is 189 Å². The van der Waals surface area contributed by atoms with Gasteiger partial charge >= 0.3 is 0 Å². The maximum atomic E-state index is 12.5. The Morgan fingerprint density at radius 3 is 2.81 bits per heavy atom. The quantitative estimate of drug-likeness (QED) is 0.372. The molecule has 31 heavy (non-hydrogen) atoms. The molecule has 158 valence electrons. The van der Waals surface area contributed by atoms with Gasteiger partial charge in [0.1, 0.15) is 18.1 Å². The van der Waals surface area contributed by atoms with Gasteiger partial charge in [0, 0.05) is 11.2 Å². The normalized spacial score (nSPS) is 10.8. The van der Waals surface area contributed by atoms with Crippen LogP contribution >= 0.6 is 23.2 Å². The summed E-state index contributed by atoms with van der Waals surface area (Å²) in [4.78, 5) is 12.5. The largest absolute Gasteiger partial charge is 0.484 e. The van der Waals surface area contributed by atoms with Crippen LogP contribution in [0.2, 0.25) is 10.0 Å². The van der Waals surface area contributed by atoms with Crippen molar-refractivity contribution in [2.45, 2.75) is 20.1 Å². The number of furan rings is 1. The molecule has 8 heteroatoms. The van der Waals surface area contributed by atoms with Gasteiger partial charge < -0.3 is 14.5 Å². The summed E-state index contributed by atoms with van der Waals surface area (Å²) in [5.74, 6) is 0.916. The molecule has 0 fully saturated rings. The van der Waals surface area contributed by atoms with Gasteiger partial charge in [-0.25, -0.2) is 0 Å². The lowest BCUT2D eigenvalue weighted by Crippen LogP contribution is -2.10. The van der Waals surface area contributed by atoms with E-state index < -0.39 is 0 Å². The fourth-order valence-corrected chi connectivity index (χ4v) is 3.54. The molecule has 0 aliphatic carbocycles. The third kappa shape index (κ3) is 5.29. The molecule has 0 unspecified atom stereocenters. The van der Waals surface area contributed by atoms with Crippen molar-refractivity contribution in [2.24, 2.45) is 0 Å². The number of carbonyl (C=O) groups excluding carboxylic acids is 1. The molecular formula is C23H19Cl2N3O3. The van der Waals surface area contributed by atoms with Crippen LogP contribution in [0.4, 0.5) is 5.69 Å². The van der Waals surface area contributed by atoms with E-state index in [1.807, 2.05) is 43.3 Å². The van der Waals surface area contributed by atoms with Crippen molar-refractivity contribution in [1.82, 2.24) is 9.78 Å². The van der Waals surface area contributed by atoms with Crippen molar-refractivity contribution in [2.75, 3.05) is 5.32 Å². The number of aromatic nitrogens is 2. The highest BCUT2D eigenvalue weighted by Crippen LogP contribution is 2.28. The van der Waals surface area contributed by atoms with Crippen LogP contribution in [0, 0.1) is 6.92 Å². The molecule has 2 aromatic carbocycles. The summed E-state index contributed by atoms with van der Waals surface area (Å²) < 4.78 is 13.1. The highest BCUT2D eigenvalue weighted by Gasteiger charge is 2.14. The fourth-order valence-electron chi connectivity index (χ4n) is 3.05. The van der Waals surface area contributed by atoms with Crippen molar-refractivity contribution in [1.29, 1.82) is 0 Å². The monoisotopic (exact) mass is 455 g/mol. The topological polar surface area (TPSA) is 69.3 Å². The molecular weight excluding hydrogens is 437 g/mol. The van der Waals surface area contributed by atoms with E-state index in [0.717, 1.165) is 11.1 Å². The number of nitrogens with zero attached hydrogens (tertiary/aromatic N) is 2. The number of hydrogen-bond donors (Lipinski definition) is 1. The van der Waals surface area contributed by atoms with Gasteiger partial charge in [0.15, 0.2) is 5.76 Å². The maximum absolute atomic E-state index is 12.5. The van der Waals surface area contributed by atoms with Crippen molar-refractivity contribution >= 4 is 34.8 Å². The molecule has 1 amide bonds. The van der Waals surface area contributed by atoms with Gasteiger partial charge in [-0.05, 0) is 48.4 Å². The molecule has 0 saturated carbocycles. The molecule has 0 saturated heterocycles. The smallest absolute Gasteiger partial charge is 0.291 e. The summed E-state index contributed by atoms with van der Waals surface area (Å²) >= 11 is 12.2. The first-order valence-electron chi connectivity index (χ1n) is 9.53. The Kier molecular flexibility index (Phi) is 6.30. The molecule has 0 radical (unpaired) electrons. The Morgan fingerprint density at radius 1 is 1.16 bits per heavy atom. The molecule has 0 aliphatic rings. The highest BCUT2D eigenvalue weighted by atomic mass is 35.5. The van der Waals surface area contributed by atoms with Gasteiger partial charge in [-0.1, -0.05) is 47.5 Å². The van der Waals surface area contributed by atoms with Gasteiger partial charge in [0.2, 0.25) is 0 Å².